The van der Waals surface area contributed by atoms with Crippen LogP contribution in [0.4, 0.5) is 13.2 Å². The maximum atomic E-state index is 12.6. The number of hydrogen-bond donors (Lipinski definition) is 1. The topological polar surface area (TPSA) is 83.2 Å². The number of alkyl halides is 3. The number of carboxylic acid groups (broad SMARTS) is 1. The average molecular weight is 523 g/mol. The zero-order valence-electron chi connectivity index (χ0n) is 21.1. The third kappa shape index (κ3) is 6.47. The Bertz CT molecular complexity index is 1100. The lowest BCUT2D eigenvalue weighted by Crippen LogP contribution is -2.48. The van der Waals surface area contributed by atoms with Gasteiger partial charge in [0.1, 0.15) is 17.6 Å². The Labute approximate surface area is 214 Å². The maximum absolute atomic E-state index is 12.6. The van der Waals surface area contributed by atoms with Crippen LogP contribution < -0.4 is 4.74 Å². The first-order valence-electron chi connectivity index (χ1n) is 12.5. The van der Waals surface area contributed by atoms with E-state index >= 15 is 0 Å². The molecule has 3 aliphatic rings. The van der Waals surface area contributed by atoms with E-state index in [4.69, 9.17) is 19.1 Å². The van der Waals surface area contributed by atoms with Crippen LogP contribution in [-0.2, 0) is 17.8 Å². The lowest BCUT2D eigenvalue weighted by Gasteiger charge is -2.47. The molecule has 7 nitrogen and oxygen atoms in total. The highest BCUT2D eigenvalue weighted by Gasteiger charge is 2.40. The minimum absolute atomic E-state index is 0.0910. The standard InChI is InChI=1S/C25H32N2O3.C2HF3O2/c1-24(2)16-19-4-3-5-20(22(19)30-24)17-26-11-7-25(8-12-26)9-13-27(14-10-25)23(28)21-6-15-29-18-21;3-2(4,5)1(6)7/h3-6,15,18H,7-14,16-17H2,1-2H3;(H,6,7). The number of carboxylic acids is 1. The fourth-order valence-corrected chi connectivity index (χ4v) is 5.48. The highest BCUT2D eigenvalue weighted by molar-refractivity contribution is 5.93. The molecule has 0 unspecified atom stereocenters. The number of likely N-dealkylation sites (tertiary alicyclic amines) is 2. The van der Waals surface area contributed by atoms with Gasteiger partial charge in [0.25, 0.3) is 5.91 Å². The second-order valence-electron chi connectivity index (χ2n) is 10.8. The van der Waals surface area contributed by atoms with Crippen LogP contribution in [0.2, 0.25) is 0 Å². The van der Waals surface area contributed by atoms with Gasteiger partial charge in [-0.2, -0.15) is 13.2 Å². The number of carbonyl (C=O) groups is 2. The SMILES string of the molecule is CC1(C)Cc2cccc(CN3CCC4(CC3)CCN(C(=O)c3ccoc3)CC4)c2O1.O=C(O)C(F)(F)F. The number of amides is 1. The predicted molar refractivity (Wildman–Crippen MR) is 129 cm³/mol. The molecule has 0 atom stereocenters. The maximum Gasteiger partial charge on any atom is 0.490 e. The normalized spacial score (nSPS) is 20.5. The van der Waals surface area contributed by atoms with Crippen molar-refractivity contribution in [1.29, 1.82) is 0 Å². The van der Waals surface area contributed by atoms with E-state index in [1.54, 1.807) is 18.6 Å². The van der Waals surface area contributed by atoms with Gasteiger partial charge < -0.3 is 19.2 Å². The van der Waals surface area contributed by atoms with E-state index in [2.05, 4.69) is 36.9 Å². The Morgan fingerprint density at radius 1 is 1.03 bits per heavy atom. The van der Waals surface area contributed by atoms with Gasteiger partial charge in [-0.3, -0.25) is 9.69 Å². The summed E-state index contributed by atoms with van der Waals surface area (Å²) >= 11 is 0. The fourth-order valence-electron chi connectivity index (χ4n) is 5.48. The van der Waals surface area contributed by atoms with Crippen LogP contribution in [0, 0.1) is 5.41 Å². The molecule has 1 spiro atoms. The molecule has 10 heteroatoms. The van der Waals surface area contributed by atoms with Crippen molar-refractivity contribution in [2.24, 2.45) is 5.41 Å². The molecule has 2 saturated heterocycles. The van der Waals surface area contributed by atoms with Gasteiger partial charge in [-0.1, -0.05) is 18.2 Å². The largest absolute Gasteiger partial charge is 0.490 e. The molecule has 0 radical (unpaired) electrons. The quantitative estimate of drug-likeness (QED) is 0.601. The summed E-state index contributed by atoms with van der Waals surface area (Å²) in [5.41, 5.74) is 3.66. The molecule has 1 N–H and O–H groups in total. The molecular weight excluding hydrogens is 489 g/mol. The number of carbonyl (C=O) groups excluding carboxylic acids is 1. The molecule has 1 aromatic carbocycles. The van der Waals surface area contributed by atoms with Crippen molar-refractivity contribution in [1.82, 2.24) is 9.80 Å². The van der Waals surface area contributed by atoms with Crippen LogP contribution >= 0.6 is 0 Å². The number of nitrogens with zero attached hydrogens (tertiary/aromatic N) is 2. The number of ether oxygens (including phenoxy) is 1. The second-order valence-corrected chi connectivity index (χ2v) is 10.8. The Morgan fingerprint density at radius 2 is 1.65 bits per heavy atom. The Kier molecular flexibility index (Phi) is 7.60. The molecule has 1 aromatic heterocycles. The molecule has 2 aromatic rings. The monoisotopic (exact) mass is 522 g/mol. The smallest absolute Gasteiger partial charge is 0.487 e. The number of benzene rings is 1. The van der Waals surface area contributed by atoms with Crippen molar-refractivity contribution in [2.45, 2.75) is 64.3 Å². The number of fused-ring (bicyclic) bond motifs is 1. The lowest BCUT2D eigenvalue weighted by atomic mass is 9.71. The van der Waals surface area contributed by atoms with Crippen LogP contribution in [0.5, 0.6) is 5.75 Å². The first kappa shape index (κ1) is 27.0. The van der Waals surface area contributed by atoms with Crippen molar-refractivity contribution < 1.29 is 37.0 Å². The van der Waals surface area contributed by atoms with E-state index in [1.807, 2.05) is 4.90 Å². The van der Waals surface area contributed by atoms with Crippen molar-refractivity contribution >= 4 is 11.9 Å². The third-order valence-corrected chi connectivity index (χ3v) is 7.61. The summed E-state index contributed by atoms with van der Waals surface area (Å²) < 4.78 is 43.1. The number of piperidine rings is 2. The first-order valence-corrected chi connectivity index (χ1v) is 12.5. The van der Waals surface area contributed by atoms with E-state index in [1.165, 1.54) is 24.0 Å². The molecular formula is C27H33F3N2O5. The van der Waals surface area contributed by atoms with Gasteiger partial charge in [-0.05, 0) is 69.7 Å². The minimum atomic E-state index is -5.08. The summed E-state index contributed by atoms with van der Waals surface area (Å²) in [6, 6.07) is 8.37. The van der Waals surface area contributed by atoms with Crippen molar-refractivity contribution in [3.05, 3.63) is 53.5 Å². The summed E-state index contributed by atoms with van der Waals surface area (Å²) in [6.45, 7) is 9.29. The van der Waals surface area contributed by atoms with Gasteiger partial charge in [-0.15, -0.1) is 0 Å². The van der Waals surface area contributed by atoms with Gasteiger partial charge in [0.15, 0.2) is 0 Å². The number of furan rings is 1. The number of aliphatic carboxylic acids is 1. The molecule has 37 heavy (non-hydrogen) atoms. The Hall–Kier alpha value is -3.01. The summed E-state index contributed by atoms with van der Waals surface area (Å²) in [5, 5.41) is 7.12. The van der Waals surface area contributed by atoms with Crippen molar-refractivity contribution in [3.63, 3.8) is 0 Å². The lowest BCUT2D eigenvalue weighted by molar-refractivity contribution is -0.192. The third-order valence-electron chi connectivity index (χ3n) is 7.61. The van der Waals surface area contributed by atoms with Crippen LogP contribution in [0.3, 0.4) is 0 Å². The van der Waals surface area contributed by atoms with Crippen LogP contribution in [-0.4, -0.2) is 64.7 Å². The number of halogens is 3. The highest BCUT2D eigenvalue weighted by Crippen LogP contribution is 2.43. The van der Waals surface area contributed by atoms with E-state index in [-0.39, 0.29) is 11.5 Å². The molecule has 5 rings (SSSR count). The van der Waals surface area contributed by atoms with Gasteiger partial charge in [0.05, 0.1) is 11.8 Å². The molecule has 1 amide bonds. The van der Waals surface area contributed by atoms with Gasteiger partial charge in [0.2, 0.25) is 0 Å². The van der Waals surface area contributed by atoms with E-state index in [0.717, 1.165) is 57.7 Å². The summed E-state index contributed by atoms with van der Waals surface area (Å²) in [4.78, 5) is 26.0. The fraction of sp³-hybridized carbons (Fsp3) is 0.556. The van der Waals surface area contributed by atoms with Crippen LogP contribution in [0.15, 0.2) is 41.2 Å². The van der Waals surface area contributed by atoms with Gasteiger partial charge in [-0.25, -0.2) is 4.79 Å². The zero-order chi connectivity index (χ0) is 26.8. The predicted octanol–water partition coefficient (Wildman–Crippen LogP) is 5.14. The summed E-state index contributed by atoms with van der Waals surface area (Å²) in [7, 11) is 0. The molecule has 0 aliphatic carbocycles. The van der Waals surface area contributed by atoms with Gasteiger partial charge in [0, 0.05) is 31.6 Å². The molecule has 202 valence electrons. The molecule has 2 fully saturated rings. The zero-order valence-corrected chi connectivity index (χ0v) is 21.1. The summed E-state index contributed by atoms with van der Waals surface area (Å²) in [6.07, 6.45) is 3.71. The number of para-hydroxylation sites is 1. The molecule has 0 bridgehead atoms. The first-order chi connectivity index (χ1) is 17.4. The minimum Gasteiger partial charge on any atom is -0.487 e. The highest BCUT2D eigenvalue weighted by atomic mass is 19.4. The molecule has 4 heterocycles. The second kappa shape index (κ2) is 10.4. The Morgan fingerprint density at radius 3 is 2.22 bits per heavy atom. The van der Waals surface area contributed by atoms with Crippen molar-refractivity contribution in [3.8, 4) is 5.75 Å². The number of hydrogen-bond acceptors (Lipinski definition) is 5. The van der Waals surface area contributed by atoms with Gasteiger partial charge >= 0.3 is 12.1 Å². The van der Waals surface area contributed by atoms with Crippen molar-refractivity contribution in [2.75, 3.05) is 26.2 Å². The van der Waals surface area contributed by atoms with E-state index in [9.17, 15) is 18.0 Å². The Balaban J connectivity index is 0.000000405. The van der Waals surface area contributed by atoms with E-state index < -0.39 is 12.1 Å². The van der Waals surface area contributed by atoms with Crippen LogP contribution in [0.1, 0.15) is 61.0 Å². The van der Waals surface area contributed by atoms with E-state index in [0.29, 0.717) is 11.0 Å². The average Bonchev–Trinajstić information content (AvgIpc) is 3.48. The number of rotatable bonds is 3. The molecule has 0 saturated carbocycles. The molecule has 3 aliphatic heterocycles. The summed E-state index contributed by atoms with van der Waals surface area (Å²) in [5.74, 6) is -1.53. The van der Waals surface area contributed by atoms with Crippen LogP contribution in [0.25, 0.3) is 0 Å².